The highest BCUT2D eigenvalue weighted by molar-refractivity contribution is 9.10. The minimum absolute atomic E-state index is 0.364. The maximum Gasteiger partial charge on any atom is 0.0802 e. The molecule has 16 heavy (non-hydrogen) atoms. The van der Waals surface area contributed by atoms with Crippen LogP contribution in [0.1, 0.15) is 31.4 Å². The number of rotatable bonds is 6. The van der Waals surface area contributed by atoms with Crippen LogP contribution in [0.4, 0.5) is 0 Å². The van der Waals surface area contributed by atoms with Crippen LogP contribution in [0.25, 0.3) is 0 Å². The van der Waals surface area contributed by atoms with E-state index in [1.54, 1.807) is 0 Å². The van der Waals surface area contributed by atoms with E-state index in [4.69, 9.17) is 0 Å². The van der Waals surface area contributed by atoms with E-state index in [2.05, 4.69) is 34.8 Å². The molecule has 0 bridgehead atoms. The molecule has 0 aliphatic carbocycles. The molecule has 1 atom stereocenters. The molecule has 1 aromatic rings. The van der Waals surface area contributed by atoms with Crippen LogP contribution in [-0.4, -0.2) is 30.1 Å². The zero-order valence-electron chi connectivity index (χ0n) is 9.99. The van der Waals surface area contributed by atoms with Crippen LogP contribution in [0.2, 0.25) is 0 Å². The second-order valence-electron chi connectivity index (χ2n) is 4.16. The van der Waals surface area contributed by atoms with Crippen molar-refractivity contribution in [3.63, 3.8) is 0 Å². The highest BCUT2D eigenvalue weighted by atomic mass is 79.9. The molecule has 1 aromatic carbocycles. The highest BCUT2D eigenvalue weighted by Gasteiger charge is 2.08. The first-order valence-electron chi connectivity index (χ1n) is 5.75. The molecule has 3 heteroatoms. The van der Waals surface area contributed by atoms with Gasteiger partial charge in [-0.15, -0.1) is 0 Å². The van der Waals surface area contributed by atoms with Crippen molar-refractivity contribution in [1.82, 2.24) is 4.90 Å². The van der Waals surface area contributed by atoms with Crippen molar-refractivity contribution in [3.8, 4) is 0 Å². The third-order valence-corrected chi connectivity index (χ3v) is 3.12. The predicted octanol–water partition coefficient (Wildman–Crippen LogP) is 3.21. The number of benzene rings is 1. The lowest BCUT2D eigenvalue weighted by Crippen LogP contribution is -2.22. The van der Waals surface area contributed by atoms with Crippen LogP contribution >= 0.6 is 15.9 Å². The number of aliphatic hydroxyl groups excluding tert-OH is 1. The van der Waals surface area contributed by atoms with Crippen LogP contribution in [0, 0.1) is 0 Å². The topological polar surface area (TPSA) is 23.5 Å². The summed E-state index contributed by atoms with van der Waals surface area (Å²) in [6.07, 6.45) is 1.58. The molecule has 0 saturated heterocycles. The number of hydrogen-bond donors (Lipinski definition) is 1. The molecule has 0 aromatic heterocycles. The Morgan fingerprint density at radius 2 is 2.12 bits per heavy atom. The minimum Gasteiger partial charge on any atom is -0.388 e. The summed E-state index contributed by atoms with van der Waals surface area (Å²) < 4.78 is 1.02. The summed E-state index contributed by atoms with van der Waals surface area (Å²) in [7, 11) is 2.09. The molecule has 0 saturated carbocycles. The summed E-state index contributed by atoms with van der Waals surface area (Å²) in [5, 5.41) is 10.0. The second-order valence-corrected chi connectivity index (χ2v) is 5.08. The molecule has 1 unspecified atom stereocenters. The highest BCUT2D eigenvalue weighted by Crippen LogP contribution is 2.20. The van der Waals surface area contributed by atoms with Crippen LogP contribution in [0.3, 0.4) is 0 Å². The van der Waals surface area contributed by atoms with Crippen LogP contribution < -0.4 is 0 Å². The second kappa shape index (κ2) is 7.05. The Labute approximate surface area is 106 Å². The van der Waals surface area contributed by atoms with E-state index in [-0.39, 0.29) is 6.10 Å². The Hall–Kier alpha value is -0.380. The average molecular weight is 286 g/mol. The quantitative estimate of drug-likeness (QED) is 0.868. The molecule has 0 aliphatic rings. The summed E-state index contributed by atoms with van der Waals surface area (Å²) in [5.41, 5.74) is 0.985. The van der Waals surface area contributed by atoms with E-state index in [1.165, 1.54) is 0 Å². The Balaban J connectivity index is 2.43. The molecule has 0 fully saturated rings. The van der Waals surface area contributed by atoms with E-state index in [1.807, 2.05) is 24.3 Å². The van der Waals surface area contributed by atoms with Gasteiger partial charge >= 0.3 is 0 Å². The fraction of sp³-hybridized carbons (Fsp3) is 0.538. The monoisotopic (exact) mass is 285 g/mol. The third-order valence-electron chi connectivity index (χ3n) is 2.62. The van der Waals surface area contributed by atoms with Crippen molar-refractivity contribution in [1.29, 1.82) is 0 Å². The SMILES string of the molecule is CCCN(C)CCC(O)c1cccc(Br)c1. The van der Waals surface area contributed by atoms with Gasteiger partial charge in [-0.25, -0.2) is 0 Å². The fourth-order valence-electron chi connectivity index (χ4n) is 1.72. The molecule has 90 valence electrons. The smallest absolute Gasteiger partial charge is 0.0802 e. The third kappa shape index (κ3) is 4.64. The molecule has 0 heterocycles. The maximum atomic E-state index is 10.0. The normalized spacial score (nSPS) is 13.1. The Kier molecular flexibility index (Phi) is 6.03. The van der Waals surface area contributed by atoms with Gasteiger partial charge in [0.1, 0.15) is 0 Å². The van der Waals surface area contributed by atoms with E-state index in [9.17, 15) is 5.11 Å². The molecular weight excluding hydrogens is 266 g/mol. The first-order chi connectivity index (χ1) is 7.63. The van der Waals surface area contributed by atoms with Gasteiger partial charge in [0.05, 0.1) is 6.10 Å². The Morgan fingerprint density at radius 3 is 2.75 bits per heavy atom. The summed E-state index contributed by atoms with van der Waals surface area (Å²) in [6.45, 7) is 4.19. The van der Waals surface area contributed by atoms with Gasteiger partial charge < -0.3 is 10.0 Å². The lowest BCUT2D eigenvalue weighted by atomic mass is 10.1. The lowest BCUT2D eigenvalue weighted by Gasteiger charge is -2.18. The van der Waals surface area contributed by atoms with Gasteiger partial charge in [0.15, 0.2) is 0 Å². The molecule has 0 radical (unpaired) electrons. The molecule has 1 rings (SSSR count). The van der Waals surface area contributed by atoms with E-state index >= 15 is 0 Å². The molecule has 2 nitrogen and oxygen atoms in total. The Bertz CT molecular complexity index is 317. The number of hydrogen-bond acceptors (Lipinski definition) is 2. The zero-order chi connectivity index (χ0) is 12.0. The van der Waals surface area contributed by atoms with E-state index in [0.29, 0.717) is 0 Å². The van der Waals surface area contributed by atoms with Crippen molar-refractivity contribution in [2.24, 2.45) is 0 Å². The Morgan fingerprint density at radius 1 is 1.38 bits per heavy atom. The maximum absolute atomic E-state index is 10.0. The number of nitrogens with zero attached hydrogens (tertiary/aromatic N) is 1. The molecule has 0 spiro atoms. The molecule has 0 aliphatic heterocycles. The standard InChI is InChI=1S/C13H20BrNO/c1-3-8-15(2)9-7-13(16)11-5-4-6-12(14)10-11/h4-6,10,13,16H,3,7-9H2,1-2H3. The first-order valence-corrected chi connectivity index (χ1v) is 6.55. The molecule has 1 N–H and O–H groups in total. The van der Waals surface area contributed by atoms with Gasteiger partial charge in [0, 0.05) is 11.0 Å². The van der Waals surface area contributed by atoms with E-state index < -0.39 is 0 Å². The lowest BCUT2D eigenvalue weighted by molar-refractivity contribution is 0.149. The van der Waals surface area contributed by atoms with Gasteiger partial charge in [-0.3, -0.25) is 0 Å². The largest absolute Gasteiger partial charge is 0.388 e. The van der Waals surface area contributed by atoms with Crippen molar-refractivity contribution < 1.29 is 5.11 Å². The summed E-state index contributed by atoms with van der Waals surface area (Å²) >= 11 is 3.41. The van der Waals surface area contributed by atoms with Gasteiger partial charge in [-0.2, -0.15) is 0 Å². The molecule has 0 amide bonds. The van der Waals surface area contributed by atoms with Gasteiger partial charge in [0.25, 0.3) is 0 Å². The van der Waals surface area contributed by atoms with Crippen LogP contribution in [-0.2, 0) is 0 Å². The fourth-order valence-corrected chi connectivity index (χ4v) is 2.13. The first kappa shape index (κ1) is 13.7. The summed E-state index contributed by atoms with van der Waals surface area (Å²) in [4.78, 5) is 2.25. The number of aliphatic hydroxyl groups is 1. The number of halogens is 1. The summed E-state index contributed by atoms with van der Waals surface area (Å²) in [5.74, 6) is 0. The van der Waals surface area contributed by atoms with Crippen molar-refractivity contribution >= 4 is 15.9 Å². The van der Waals surface area contributed by atoms with Gasteiger partial charge in [-0.1, -0.05) is 35.0 Å². The van der Waals surface area contributed by atoms with Crippen LogP contribution in [0.5, 0.6) is 0 Å². The van der Waals surface area contributed by atoms with Crippen LogP contribution in [0.15, 0.2) is 28.7 Å². The summed E-state index contributed by atoms with van der Waals surface area (Å²) in [6, 6.07) is 7.87. The van der Waals surface area contributed by atoms with Gasteiger partial charge in [0.2, 0.25) is 0 Å². The zero-order valence-corrected chi connectivity index (χ0v) is 11.6. The van der Waals surface area contributed by atoms with Crippen molar-refractivity contribution in [2.45, 2.75) is 25.9 Å². The van der Waals surface area contributed by atoms with Gasteiger partial charge in [-0.05, 0) is 44.1 Å². The average Bonchev–Trinajstić information content (AvgIpc) is 2.26. The predicted molar refractivity (Wildman–Crippen MR) is 71.5 cm³/mol. The minimum atomic E-state index is -0.364. The van der Waals surface area contributed by atoms with E-state index in [0.717, 1.165) is 36.0 Å². The van der Waals surface area contributed by atoms with Crippen molar-refractivity contribution in [2.75, 3.05) is 20.1 Å². The molecular formula is C13H20BrNO. The van der Waals surface area contributed by atoms with Crippen molar-refractivity contribution in [3.05, 3.63) is 34.3 Å².